The third kappa shape index (κ3) is 4.44. The van der Waals surface area contributed by atoms with Gasteiger partial charge in [0.1, 0.15) is 5.76 Å². The molecule has 0 unspecified atom stereocenters. The van der Waals surface area contributed by atoms with E-state index in [2.05, 4.69) is 15.2 Å². The smallest absolute Gasteiger partial charge is 0.227 e. The van der Waals surface area contributed by atoms with Gasteiger partial charge in [-0.3, -0.25) is 14.7 Å². The van der Waals surface area contributed by atoms with Crippen LogP contribution in [0.4, 0.5) is 5.69 Å². The highest BCUT2D eigenvalue weighted by atomic mass is 16.3. The van der Waals surface area contributed by atoms with Crippen molar-refractivity contribution in [3.63, 3.8) is 0 Å². The summed E-state index contributed by atoms with van der Waals surface area (Å²) in [5.74, 6) is 0.954. The van der Waals surface area contributed by atoms with E-state index in [1.807, 2.05) is 60.8 Å². The molecule has 138 valence electrons. The molecule has 0 aliphatic carbocycles. The maximum atomic E-state index is 12.7. The van der Waals surface area contributed by atoms with Crippen molar-refractivity contribution < 1.29 is 9.21 Å². The second kappa shape index (κ2) is 8.18. The number of nitrogens with one attached hydrogen (secondary N) is 1. The van der Waals surface area contributed by atoms with Crippen molar-refractivity contribution in [3.05, 3.63) is 72.8 Å². The zero-order chi connectivity index (χ0) is 18.5. The molecule has 3 aromatic rings. The molecule has 5 nitrogen and oxygen atoms in total. The second-order valence-electron chi connectivity index (χ2n) is 6.92. The lowest BCUT2D eigenvalue weighted by atomic mass is 9.95. The predicted molar refractivity (Wildman–Crippen MR) is 105 cm³/mol. The Hall–Kier alpha value is -2.92. The topological polar surface area (TPSA) is 58.4 Å². The van der Waals surface area contributed by atoms with Crippen molar-refractivity contribution in [2.75, 3.05) is 18.4 Å². The van der Waals surface area contributed by atoms with Gasteiger partial charge < -0.3 is 9.73 Å². The Labute approximate surface area is 159 Å². The lowest BCUT2D eigenvalue weighted by Gasteiger charge is -2.31. The van der Waals surface area contributed by atoms with Crippen molar-refractivity contribution in [2.45, 2.75) is 19.4 Å². The molecule has 1 saturated heterocycles. The summed E-state index contributed by atoms with van der Waals surface area (Å²) in [6, 6.07) is 17.5. The minimum atomic E-state index is 0.0530. The van der Waals surface area contributed by atoms with Crippen molar-refractivity contribution in [1.29, 1.82) is 0 Å². The first-order chi connectivity index (χ1) is 13.3. The van der Waals surface area contributed by atoms with Gasteiger partial charge in [0.05, 0.1) is 12.0 Å². The minimum absolute atomic E-state index is 0.0530. The lowest BCUT2D eigenvalue weighted by Crippen LogP contribution is -2.37. The molecule has 1 N–H and O–H groups in total. The average Bonchev–Trinajstić information content (AvgIpc) is 3.24. The molecule has 1 aliphatic heterocycles. The molecule has 0 saturated carbocycles. The van der Waals surface area contributed by atoms with Crippen LogP contribution in [0.25, 0.3) is 11.3 Å². The molecular formula is C22H23N3O2. The number of likely N-dealkylation sites (tertiary alicyclic amines) is 1. The monoisotopic (exact) mass is 361 g/mol. The number of pyridine rings is 1. The summed E-state index contributed by atoms with van der Waals surface area (Å²) in [5.41, 5.74) is 2.85. The molecule has 3 heterocycles. The van der Waals surface area contributed by atoms with E-state index in [9.17, 15) is 4.79 Å². The Morgan fingerprint density at radius 2 is 2.00 bits per heavy atom. The molecule has 2 aromatic heterocycles. The molecule has 1 fully saturated rings. The number of carbonyl (C=O) groups excluding carboxylic acids is 1. The molecule has 0 bridgehead atoms. The summed E-state index contributed by atoms with van der Waals surface area (Å²) in [5, 5.41) is 3.07. The summed E-state index contributed by atoms with van der Waals surface area (Å²) in [4.78, 5) is 19.4. The van der Waals surface area contributed by atoms with Gasteiger partial charge in [0, 0.05) is 29.9 Å². The standard InChI is InChI=1S/C22H23N3O2/c26-22(24-19-7-3-5-18(15-19)21-8-4-14-27-21)17-9-12-25(13-10-17)16-20-6-1-2-11-23-20/h1-8,11,14-15,17H,9-10,12-13,16H2,(H,24,26). The van der Waals surface area contributed by atoms with Crippen LogP contribution in [0, 0.1) is 5.92 Å². The first-order valence-corrected chi connectivity index (χ1v) is 9.35. The summed E-state index contributed by atoms with van der Waals surface area (Å²) in [6.45, 7) is 2.68. The van der Waals surface area contributed by atoms with Crippen molar-refractivity contribution in [3.8, 4) is 11.3 Å². The van der Waals surface area contributed by atoms with Crippen molar-refractivity contribution >= 4 is 11.6 Å². The van der Waals surface area contributed by atoms with E-state index in [1.54, 1.807) is 6.26 Å². The number of amides is 1. The Kier molecular flexibility index (Phi) is 5.30. The number of hydrogen-bond acceptors (Lipinski definition) is 4. The van der Waals surface area contributed by atoms with Gasteiger partial charge in [-0.25, -0.2) is 0 Å². The normalized spacial score (nSPS) is 15.6. The Morgan fingerprint density at radius 3 is 2.74 bits per heavy atom. The van der Waals surface area contributed by atoms with Gasteiger partial charge in [-0.2, -0.15) is 0 Å². The first kappa shape index (κ1) is 17.5. The van der Waals surface area contributed by atoms with Crippen LogP contribution in [0.1, 0.15) is 18.5 Å². The number of anilines is 1. The molecule has 0 atom stereocenters. The molecular weight excluding hydrogens is 338 g/mol. The zero-order valence-corrected chi connectivity index (χ0v) is 15.2. The van der Waals surface area contributed by atoms with Gasteiger partial charge in [-0.1, -0.05) is 18.2 Å². The van der Waals surface area contributed by atoms with Gasteiger partial charge in [0.15, 0.2) is 0 Å². The highest BCUT2D eigenvalue weighted by Crippen LogP contribution is 2.25. The molecule has 1 aliphatic rings. The average molecular weight is 361 g/mol. The van der Waals surface area contributed by atoms with Gasteiger partial charge in [-0.05, 0) is 62.3 Å². The highest BCUT2D eigenvalue weighted by molar-refractivity contribution is 5.93. The number of hydrogen-bond donors (Lipinski definition) is 1. The number of piperidine rings is 1. The van der Waals surface area contributed by atoms with Crippen LogP contribution in [0.5, 0.6) is 0 Å². The van der Waals surface area contributed by atoms with E-state index in [0.717, 1.165) is 55.2 Å². The van der Waals surface area contributed by atoms with Gasteiger partial charge >= 0.3 is 0 Å². The van der Waals surface area contributed by atoms with Crippen molar-refractivity contribution in [1.82, 2.24) is 9.88 Å². The van der Waals surface area contributed by atoms with Crippen LogP contribution in [0.3, 0.4) is 0 Å². The molecule has 27 heavy (non-hydrogen) atoms. The van der Waals surface area contributed by atoms with Gasteiger partial charge in [0.25, 0.3) is 0 Å². The Balaban J connectivity index is 1.31. The predicted octanol–water partition coefficient (Wildman–Crippen LogP) is 4.19. The van der Waals surface area contributed by atoms with Crippen LogP contribution >= 0.6 is 0 Å². The van der Waals surface area contributed by atoms with E-state index in [4.69, 9.17) is 4.42 Å². The maximum absolute atomic E-state index is 12.7. The third-order valence-corrected chi connectivity index (χ3v) is 5.01. The summed E-state index contributed by atoms with van der Waals surface area (Å²) in [7, 11) is 0. The van der Waals surface area contributed by atoms with E-state index in [0.29, 0.717) is 0 Å². The van der Waals surface area contributed by atoms with E-state index < -0.39 is 0 Å². The van der Waals surface area contributed by atoms with E-state index in [1.165, 1.54) is 0 Å². The third-order valence-electron chi connectivity index (χ3n) is 5.01. The fourth-order valence-corrected chi connectivity index (χ4v) is 3.51. The number of furan rings is 1. The highest BCUT2D eigenvalue weighted by Gasteiger charge is 2.25. The largest absolute Gasteiger partial charge is 0.464 e. The lowest BCUT2D eigenvalue weighted by molar-refractivity contribution is -0.121. The fourth-order valence-electron chi connectivity index (χ4n) is 3.51. The van der Waals surface area contributed by atoms with Crippen LogP contribution in [0.2, 0.25) is 0 Å². The molecule has 1 amide bonds. The van der Waals surface area contributed by atoms with Crippen LogP contribution in [-0.2, 0) is 11.3 Å². The Morgan fingerprint density at radius 1 is 1.11 bits per heavy atom. The zero-order valence-electron chi connectivity index (χ0n) is 15.2. The van der Waals surface area contributed by atoms with Crippen LogP contribution < -0.4 is 5.32 Å². The van der Waals surface area contributed by atoms with E-state index in [-0.39, 0.29) is 11.8 Å². The number of aromatic nitrogens is 1. The SMILES string of the molecule is O=C(Nc1cccc(-c2ccco2)c1)C1CCN(Cc2ccccn2)CC1. The quantitative estimate of drug-likeness (QED) is 0.740. The molecule has 0 spiro atoms. The number of benzene rings is 1. The van der Waals surface area contributed by atoms with E-state index >= 15 is 0 Å². The van der Waals surface area contributed by atoms with Gasteiger partial charge in [0.2, 0.25) is 5.91 Å². The maximum Gasteiger partial charge on any atom is 0.227 e. The fraction of sp³-hybridized carbons (Fsp3) is 0.273. The van der Waals surface area contributed by atoms with Crippen LogP contribution in [0.15, 0.2) is 71.5 Å². The number of rotatable bonds is 5. The minimum Gasteiger partial charge on any atom is -0.464 e. The summed E-state index contributed by atoms with van der Waals surface area (Å²) >= 11 is 0. The second-order valence-corrected chi connectivity index (χ2v) is 6.92. The van der Waals surface area contributed by atoms with Gasteiger partial charge in [-0.15, -0.1) is 0 Å². The van der Waals surface area contributed by atoms with Crippen molar-refractivity contribution in [2.24, 2.45) is 5.92 Å². The molecule has 5 heteroatoms. The summed E-state index contributed by atoms with van der Waals surface area (Å²) in [6.07, 6.45) is 5.22. The molecule has 0 radical (unpaired) electrons. The van der Waals surface area contributed by atoms with Crippen LogP contribution in [-0.4, -0.2) is 28.9 Å². The summed E-state index contributed by atoms with van der Waals surface area (Å²) < 4.78 is 5.43. The first-order valence-electron chi connectivity index (χ1n) is 9.35. The number of carbonyl (C=O) groups is 1. The Bertz CT molecular complexity index is 870. The molecule has 1 aromatic carbocycles. The molecule has 4 rings (SSSR count). The number of nitrogens with zero attached hydrogens (tertiary/aromatic N) is 2.